The first kappa shape index (κ1) is 12.8. The number of nitrogens with zero attached hydrogens (tertiary/aromatic N) is 2. The van der Waals surface area contributed by atoms with Gasteiger partial charge < -0.3 is 15.4 Å². The second kappa shape index (κ2) is 5.32. The van der Waals surface area contributed by atoms with Gasteiger partial charge in [0.2, 0.25) is 0 Å². The van der Waals surface area contributed by atoms with Crippen LogP contribution in [0.5, 0.6) is 0 Å². The molecule has 2 heterocycles. The highest BCUT2D eigenvalue weighted by Gasteiger charge is 2.29. The number of aliphatic hydroxyl groups excluding tert-OH is 1. The van der Waals surface area contributed by atoms with Crippen LogP contribution in [0.4, 0.5) is 5.82 Å². The third kappa shape index (κ3) is 2.44. The maximum absolute atomic E-state index is 12.4. The van der Waals surface area contributed by atoms with Gasteiger partial charge in [0.1, 0.15) is 5.82 Å². The Morgan fingerprint density at radius 3 is 3.11 bits per heavy atom. The number of hydrogen-bond acceptors (Lipinski definition) is 5. The first-order valence-electron chi connectivity index (χ1n) is 6.03. The van der Waals surface area contributed by atoms with Crippen LogP contribution in [0.15, 0.2) is 12.1 Å². The summed E-state index contributed by atoms with van der Waals surface area (Å²) in [5.41, 5.74) is 3.73. The quantitative estimate of drug-likeness (QED) is 0.529. The predicted octanol–water partition coefficient (Wildman–Crippen LogP) is 0.273. The molecule has 6 nitrogen and oxygen atoms in total. The zero-order valence-electron chi connectivity index (χ0n) is 10.4. The van der Waals surface area contributed by atoms with Crippen molar-refractivity contribution in [1.82, 2.24) is 9.88 Å². The van der Waals surface area contributed by atoms with E-state index in [-0.39, 0.29) is 18.6 Å². The van der Waals surface area contributed by atoms with Crippen molar-refractivity contribution in [2.24, 2.45) is 5.84 Å². The van der Waals surface area contributed by atoms with E-state index < -0.39 is 0 Å². The Balaban J connectivity index is 2.25. The van der Waals surface area contributed by atoms with Crippen LogP contribution >= 0.6 is 0 Å². The normalized spacial score (nSPS) is 19.1. The molecular weight excluding hydrogens is 232 g/mol. The number of pyridine rings is 1. The van der Waals surface area contributed by atoms with E-state index in [0.717, 1.165) is 18.5 Å². The zero-order valence-corrected chi connectivity index (χ0v) is 10.4. The number of carbonyl (C=O) groups excluding carboxylic acids is 1. The lowest BCUT2D eigenvalue weighted by molar-refractivity contribution is 0.0677. The number of aromatic nitrogens is 1. The summed E-state index contributed by atoms with van der Waals surface area (Å²) in [7, 11) is 0. The molecule has 1 fully saturated rings. The van der Waals surface area contributed by atoms with Crippen LogP contribution in [0, 0.1) is 6.92 Å². The summed E-state index contributed by atoms with van der Waals surface area (Å²) >= 11 is 0. The summed E-state index contributed by atoms with van der Waals surface area (Å²) in [6.45, 7) is 2.51. The van der Waals surface area contributed by atoms with Crippen molar-refractivity contribution in [1.29, 1.82) is 0 Å². The van der Waals surface area contributed by atoms with E-state index >= 15 is 0 Å². The molecule has 18 heavy (non-hydrogen) atoms. The van der Waals surface area contributed by atoms with Crippen molar-refractivity contribution < 1.29 is 9.90 Å². The van der Waals surface area contributed by atoms with Gasteiger partial charge >= 0.3 is 0 Å². The van der Waals surface area contributed by atoms with Gasteiger partial charge in [0.25, 0.3) is 5.91 Å². The first-order valence-corrected chi connectivity index (χ1v) is 6.03. The summed E-state index contributed by atoms with van der Waals surface area (Å²) in [6, 6.07) is 3.29. The van der Waals surface area contributed by atoms with Crippen LogP contribution < -0.4 is 11.3 Å². The molecule has 1 unspecified atom stereocenters. The number of carbonyl (C=O) groups is 1. The number of aliphatic hydroxyl groups is 1. The van der Waals surface area contributed by atoms with E-state index in [1.54, 1.807) is 17.0 Å². The fourth-order valence-corrected chi connectivity index (χ4v) is 2.32. The van der Waals surface area contributed by atoms with Gasteiger partial charge in [-0.3, -0.25) is 4.79 Å². The van der Waals surface area contributed by atoms with Crippen molar-refractivity contribution in [3.63, 3.8) is 0 Å². The van der Waals surface area contributed by atoms with E-state index in [4.69, 9.17) is 5.84 Å². The molecule has 0 aliphatic carbocycles. The van der Waals surface area contributed by atoms with Crippen molar-refractivity contribution >= 4 is 11.7 Å². The lowest BCUT2D eigenvalue weighted by Gasteiger charge is -2.23. The Bertz CT molecular complexity index is 450. The summed E-state index contributed by atoms with van der Waals surface area (Å²) in [6.07, 6.45) is 1.79. The summed E-state index contributed by atoms with van der Waals surface area (Å²) in [4.78, 5) is 18.2. The number of nitrogens with two attached hydrogens (primary N) is 1. The van der Waals surface area contributed by atoms with Gasteiger partial charge in [-0.2, -0.15) is 0 Å². The fraction of sp³-hybridized carbons (Fsp3) is 0.500. The number of aryl methyl sites for hydroxylation is 1. The molecule has 1 amide bonds. The van der Waals surface area contributed by atoms with Crippen molar-refractivity contribution in [3.05, 3.63) is 23.4 Å². The fourth-order valence-electron chi connectivity index (χ4n) is 2.32. The Morgan fingerprint density at radius 2 is 2.44 bits per heavy atom. The molecule has 6 heteroatoms. The molecule has 0 radical (unpaired) electrons. The zero-order chi connectivity index (χ0) is 13.1. The SMILES string of the molecule is Cc1cc(C(=O)N2CCCC2CO)cc(NN)n1. The molecule has 0 aromatic carbocycles. The molecule has 1 aliphatic rings. The molecule has 98 valence electrons. The van der Waals surface area contributed by atoms with Gasteiger partial charge in [0.15, 0.2) is 0 Å². The average molecular weight is 250 g/mol. The molecular formula is C12H18N4O2. The van der Waals surface area contributed by atoms with Crippen LogP contribution in [0.1, 0.15) is 28.9 Å². The smallest absolute Gasteiger partial charge is 0.254 e. The van der Waals surface area contributed by atoms with Crippen LogP contribution in [-0.4, -0.2) is 40.1 Å². The molecule has 1 aromatic rings. The lowest BCUT2D eigenvalue weighted by atomic mass is 10.1. The van der Waals surface area contributed by atoms with Crippen LogP contribution in [0.2, 0.25) is 0 Å². The molecule has 0 bridgehead atoms. The molecule has 1 aliphatic heterocycles. The van der Waals surface area contributed by atoms with E-state index in [1.807, 2.05) is 6.92 Å². The minimum absolute atomic E-state index is 0.0117. The molecule has 0 spiro atoms. The van der Waals surface area contributed by atoms with Gasteiger partial charge in [0.05, 0.1) is 12.6 Å². The van der Waals surface area contributed by atoms with Crippen molar-refractivity contribution in [3.8, 4) is 0 Å². The topological polar surface area (TPSA) is 91.5 Å². The number of nitrogen functional groups attached to an aromatic ring is 1. The maximum atomic E-state index is 12.4. The number of anilines is 1. The van der Waals surface area contributed by atoms with Crippen LogP contribution in [-0.2, 0) is 0 Å². The molecule has 1 saturated heterocycles. The molecule has 2 rings (SSSR count). The highest BCUT2D eigenvalue weighted by atomic mass is 16.3. The molecule has 4 N–H and O–H groups in total. The monoisotopic (exact) mass is 250 g/mol. The van der Waals surface area contributed by atoms with Gasteiger partial charge in [0, 0.05) is 17.8 Å². The second-order valence-corrected chi connectivity index (χ2v) is 4.50. The summed E-state index contributed by atoms with van der Waals surface area (Å²) in [5.74, 6) is 5.71. The van der Waals surface area contributed by atoms with E-state index in [9.17, 15) is 9.90 Å². The number of hydrazine groups is 1. The second-order valence-electron chi connectivity index (χ2n) is 4.50. The molecule has 1 aromatic heterocycles. The predicted molar refractivity (Wildman–Crippen MR) is 67.9 cm³/mol. The summed E-state index contributed by atoms with van der Waals surface area (Å²) < 4.78 is 0. The number of likely N-dealkylation sites (tertiary alicyclic amines) is 1. The minimum Gasteiger partial charge on any atom is -0.394 e. The molecule has 1 atom stereocenters. The van der Waals surface area contributed by atoms with Gasteiger partial charge in [-0.1, -0.05) is 0 Å². The first-order chi connectivity index (χ1) is 8.65. The number of nitrogens with one attached hydrogen (secondary N) is 1. The summed E-state index contributed by atoms with van der Waals surface area (Å²) in [5, 5.41) is 9.25. The largest absolute Gasteiger partial charge is 0.394 e. The Kier molecular flexibility index (Phi) is 3.78. The van der Waals surface area contributed by atoms with Crippen molar-refractivity contribution in [2.75, 3.05) is 18.6 Å². The Hall–Kier alpha value is -1.66. The highest BCUT2D eigenvalue weighted by Crippen LogP contribution is 2.20. The maximum Gasteiger partial charge on any atom is 0.254 e. The highest BCUT2D eigenvalue weighted by molar-refractivity contribution is 5.95. The number of hydrogen-bond donors (Lipinski definition) is 3. The third-order valence-corrected chi connectivity index (χ3v) is 3.20. The van der Waals surface area contributed by atoms with Gasteiger partial charge in [-0.25, -0.2) is 10.8 Å². The molecule has 0 saturated carbocycles. The van der Waals surface area contributed by atoms with Gasteiger partial charge in [-0.15, -0.1) is 0 Å². The minimum atomic E-state index is -0.0754. The Labute approximate surface area is 106 Å². The third-order valence-electron chi connectivity index (χ3n) is 3.20. The van der Waals surface area contributed by atoms with Gasteiger partial charge in [-0.05, 0) is 31.9 Å². The van der Waals surface area contributed by atoms with Crippen LogP contribution in [0.25, 0.3) is 0 Å². The van der Waals surface area contributed by atoms with E-state index in [0.29, 0.717) is 17.9 Å². The average Bonchev–Trinajstić information content (AvgIpc) is 2.85. The standard InChI is InChI=1S/C12H18N4O2/c1-8-5-9(6-11(14-8)15-13)12(18)16-4-2-3-10(16)7-17/h5-6,10,17H,2-4,7,13H2,1H3,(H,14,15). The van der Waals surface area contributed by atoms with Crippen molar-refractivity contribution in [2.45, 2.75) is 25.8 Å². The van der Waals surface area contributed by atoms with E-state index in [2.05, 4.69) is 10.4 Å². The number of rotatable bonds is 3. The number of amides is 1. The lowest BCUT2D eigenvalue weighted by Crippen LogP contribution is -2.37. The van der Waals surface area contributed by atoms with Crippen LogP contribution in [0.3, 0.4) is 0 Å². The Morgan fingerprint density at radius 1 is 1.67 bits per heavy atom. The van der Waals surface area contributed by atoms with E-state index in [1.165, 1.54) is 0 Å².